The fourth-order valence-electron chi connectivity index (χ4n) is 3.39. The number of rotatable bonds is 5. The van der Waals surface area contributed by atoms with Crippen molar-refractivity contribution >= 4 is 29.2 Å². The Morgan fingerprint density at radius 3 is 2.44 bits per heavy atom. The molecule has 6 heteroatoms. The number of hydrogen-bond donors (Lipinski definition) is 1. The second kappa shape index (κ2) is 8.44. The molecule has 0 radical (unpaired) electrons. The zero-order valence-corrected chi connectivity index (χ0v) is 16.0. The maximum Gasteiger partial charge on any atom is 0.306 e. The van der Waals surface area contributed by atoms with Crippen LogP contribution in [0, 0.1) is 5.92 Å². The summed E-state index contributed by atoms with van der Waals surface area (Å²) in [7, 11) is 1.78. The van der Waals surface area contributed by atoms with E-state index in [9.17, 15) is 9.59 Å². The van der Waals surface area contributed by atoms with Gasteiger partial charge in [0, 0.05) is 43.0 Å². The number of benzene rings is 2. The van der Waals surface area contributed by atoms with E-state index in [-0.39, 0.29) is 11.8 Å². The Bertz CT molecular complexity index is 814. The van der Waals surface area contributed by atoms with Gasteiger partial charge in [-0.25, -0.2) is 0 Å². The second-order valence-corrected chi connectivity index (χ2v) is 7.37. The van der Waals surface area contributed by atoms with Gasteiger partial charge in [-0.2, -0.15) is 0 Å². The molecule has 1 amide bonds. The first-order chi connectivity index (χ1) is 12.9. The molecule has 5 nitrogen and oxygen atoms in total. The summed E-state index contributed by atoms with van der Waals surface area (Å²) in [5.41, 5.74) is 2.72. The van der Waals surface area contributed by atoms with Crippen LogP contribution >= 0.6 is 11.6 Å². The molecule has 1 aliphatic heterocycles. The third-order valence-corrected chi connectivity index (χ3v) is 5.23. The fourth-order valence-corrected chi connectivity index (χ4v) is 3.52. The van der Waals surface area contributed by atoms with E-state index in [1.807, 2.05) is 18.2 Å². The van der Waals surface area contributed by atoms with Gasteiger partial charge in [-0.05, 0) is 54.8 Å². The molecule has 1 N–H and O–H groups in total. The first-order valence-electron chi connectivity index (χ1n) is 9.02. The topological polar surface area (TPSA) is 60.9 Å². The highest BCUT2D eigenvalue weighted by Crippen LogP contribution is 2.24. The number of hydrogen-bond acceptors (Lipinski definition) is 3. The molecule has 1 heterocycles. The number of nitrogens with zero attached hydrogens (tertiary/aromatic N) is 2. The summed E-state index contributed by atoms with van der Waals surface area (Å²) in [5, 5.41) is 9.74. The van der Waals surface area contributed by atoms with E-state index in [1.165, 1.54) is 0 Å². The van der Waals surface area contributed by atoms with Crippen molar-refractivity contribution in [1.82, 2.24) is 4.90 Å². The van der Waals surface area contributed by atoms with Gasteiger partial charge in [0.1, 0.15) is 0 Å². The summed E-state index contributed by atoms with van der Waals surface area (Å²) >= 11 is 5.88. The van der Waals surface area contributed by atoms with E-state index >= 15 is 0 Å². The molecule has 0 spiro atoms. The SMILES string of the molecule is CN(Cc1cccc(N2CCC(C(=O)O)CC2)c1)C(=O)c1ccc(Cl)cc1. The minimum Gasteiger partial charge on any atom is -0.481 e. The van der Waals surface area contributed by atoms with Crippen LogP contribution in [0.2, 0.25) is 5.02 Å². The van der Waals surface area contributed by atoms with Crippen LogP contribution in [-0.2, 0) is 11.3 Å². The molecule has 2 aromatic carbocycles. The van der Waals surface area contributed by atoms with E-state index in [1.54, 1.807) is 36.2 Å². The molecule has 3 rings (SSSR count). The molecule has 1 saturated heterocycles. The summed E-state index contributed by atoms with van der Waals surface area (Å²) < 4.78 is 0. The molecule has 2 aromatic rings. The standard InChI is InChI=1S/C21H23ClN2O3/c1-23(20(25)16-5-7-18(22)8-6-16)14-15-3-2-4-19(13-15)24-11-9-17(10-12-24)21(26)27/h2-8,13,17H,9-12,14H2,1H3,(H,26,27). The Kier molecular flexibility index (Phi) is 6.01. The summed E-state index contributed by atoms with van der Waals surface area (Å²) in [6.45, 7) is 1.97. The minimum absolute atomic E-state index is 0.0562. The number of carbonyl (C=O) groups excluding carboxylic acids is 1. The highest BCUT2D eigenvalue weighted by Gasteiger charge is 2.24. The van der Waals surface area contributed by atoms with E-state index < -0.39 is 5.97 Å². The highest BCUT2D eigenvalue weighted by atomic mass is 35.5. The normalized spacial score (nSPS) is 14.8. The van der Waals surface area contributed by atoms with Crippen LogP contribution in [-0.4, -0.2) is 42.0 Å². The van der Waals surface area contributed by atoms with Crippen LogP contribution in [0.3, 0.4) is 0 Å². The van der Waals surface area contributed by atoms with Gasteiger partial charge < -0.3 is 14.9 Å². The van der Waals surface area contributed by atoms with Gasteiger partial charge in [0.25, 0.3) is 5.91 Å². The van der Waals surface area contributed by atoms with Gasteiger partial charge in [-0.3, -0.25) is 9.59 Å². The Balaban J connectivity index is 1.64. The van der Waals surface area contributed by atoms with Gasteiger partial charge >= 0.3 is 5.97 Å². The van der Waals surface area contributed by atoms with E-state index in [2.05, 4.69) is 11.0 Å². The quantitative estimate of drug-likeness (QED) is 0.846. The maximum atomic E-state index is 12.6. The number of carbonyl (C=O) groups is 2. The number of carboxylic acid groups (broad SMARTS) is 1. The van der Waals surface area contributed by atoms with E-state index in [0.29, 0.717) is 30.0 Å². The van der Waals surface area contributed by atoms with Crippen LogP contribution in [0.25, 0.3) is 0 Å². The number of piperidine rings is 1. The lowest BCUT2D eigenvalue weighted by atomic mass is 9.96. The third-order valence-electron chi connectivity index (χ3n) is 4.98. The number of halogens is 1. The number of aliphatic carboxylic acids is 1. The van der Waals surface area contributed by atoms with Crippen LogP contribution in [0.15, 0.2) is 48.5 Å². The van der Waals surface area contributed by atoms with Gasteiger partial charge in [0.05, 0.1) is 5.92 Å². The molecule has 0 bridgehead atoms. The molecule has 0 aliphatic carbocycles. The molecule has 142 valence electrons. The minimum atomic E-state index is -0.703. The lowest BCUT2D eigenvalue weighted by Crippen LogP contribution is -2.36. The van der Waals surface area contributed by atoms with Crippen molar-refractivity contribution in [3.05, 3.63) is 64.7 Å². The van der Waals surface area contributed by atoms with Crippen LogP contribution < -0.4 is 4.90 Å². The van der Waals surface area contributed by atoms with Crippen LogP contribution in [0.1, 0.15) is 28.8 Å². The zero-order chi connectivity index (χ0) is 19.4. The Hall–Kier alpha value is -2.53. The maximum absolute atomic E-state index is 12.6. The molecule has 0 saturated carbocycles. The average Bonchev–Trinajstić information content (AvgIpc) is 2.68. The van der Waals surface area contributed by atoms with Crippen LogP contribution in [0.5, 0.6) is 0 Å². The van der Waals surface area contributed by atoms with Crippen molar-refractivity contribution in [2.24, 2.45) is 5.92 Å². The summed E-state index contributed by atoms with van der Waals surface area (Å²) in [5.74, 6) is -1.00. The number of amides is 1. The van der Waals surface area contributed by atoms with E-state index in [4.69, 9.17) is 16.7 Å². The molecule has 0 atom stereocenters. The molecule has 27 heavy (non-hydrogen) atoms. The summed E-state index contributed by atoms with van der Waals surface area (Å²) in [6, 6.07) is 15.0. The monoisotopic (exact) mass is 386 g/mol. The Morgan fingerprint density at radius 1 is 1.15 bits per heavy atom. The second-order valence-electron chi connectivity index (χ2n) is 6.94. The first-order valence-corrected chi connectivity index (χ1v) is 9.39. The van der Waals surface area contributed by atoms with Gasteiger partial charge in [-0.15, -0.1) is 0 Å². The zero-order valence-electron chi connectivity index (χ0n) is 15.3. The van der Waals surface area contributed by atoms with Crippen molar-refractivity contribution in [3.63, 3.8) is 0 Å². The molecular weight excluding hydrogens is 364 g/mol. The number of carboxylic acids is 1. The molecule has 0 aromatic heterocycles. The lowest BCUT2D eigenvalue weighted by molar-refractivity contribution is -0.142. The first kappa shape index (κ1) is 19.2. The predicted molar refractivity (Wildman–Crippen MR) is 106 cm³/mol. The van der Waals surface area contributed by atoms with Gasteiger partial charge in [-0.1, -0.05) is 23.7 Å². The molecular formula is C21H23ClN2O3. The van der Waals surface area contributed by atoms with Crippen molar-refractivity contribution in [3.8, 4) is 0 Å². The molecule has 1 fully saturated rings. The Morgan fingerprint density at radius 2 is 1.81 bits per heavy atom. The fraction of sp³-hybridized carbons (Fsp3) is 0.333. The summed E-state index contributed by atoms with van der Waals surface area (Å²) in [6.07, 6.45) is 1.32. The predicted octanol–water partition coefficient (Wildman–Crippen LogP) is 3.91. The van der Waals surface area contributed by atoms with Crippen molar-refractivity contribution < 1.29 is 14.7 Å². The lowest BCUT2D eigenvalue weighted by Gasteiger charge is -2.32. The van der Waals surface area contributed by atoms with Crippen molar-refractivity contribution in [2.75, 3.05) is 25.0 Å². The largest absolute Gasteiger partial charge is 0.481 e. The Labute approximate surface area is 164 Å². The van der Waals surface area contributed by atoms with Crippen LogP contribution in [0.4, 0.5) is 5.69 Å². The molecule has 0 unspecified atom stereocenters. The molecule has 1 aliphatic rings. The van der Waals surface area contributed by atoms with Crippen molar-refractivity contribution in [2.45, 2.75) is 19.4 Å². The summed E-state index contributed by atoms with van der Waals surface area (Å²) in [4.78, 5) is 27.6. The average molecular weight is 387 g/mol. The van der Waals surface area contributed by atoms with Gasteiger partial charge in [0.15, 0.2) is 0 Å². The van der Waals surface area contributed by atoms with Crippen molar-refractivity contribution in [1.29, 1.82) is 0 Å². The number of anilines is 1. The highest BCUT2D eigenvalue weighted by molar-refractivity contribution is 6.30. The van der Waals surface area contributed by atoms with E-state index in [0.717, 1.165) is 24.3 Å². The third kappa shape index (κ3) is 4.80. The smallest absolute Gasteiger partial charge is 0.306 e. The van der Waals surface area contributed by atoms with Gasteiger partial charge in [0.2, 0.25) is 0 Å².